The Labute approximate surface area is 600 Å². The number of hydrogen-bond donors (Lipinski definition) is 3. The molecule has 0 spiro atoms. The summed E-state index contributed by atoms with van der Waals surface area (Å²) in [4.78, 5) is 72.9. The molecule has 0 fully saturated rings. The van der Waals surface area contributed by atoms with Crippen molar-refractivity contribution in [3.05, 3.63) is 0 Å². The van der Waals surface area contributed by atoms with Gasteiger partial charge in [-0.2, -0.15) is 0 Å². The number of esters is 4. The highest BCUT2D eigenvalue weighted by atomic mass is 31.2. The molecule has 0 aliphatic carbocycles. The zero-order valence-corrected chi connectivity index (χ0v) is 66.2. The van der Waals surface area contributed by atoms with Gasteiger partial charge in [0.15, 0.2) is 12.2 Å². The first-order valence-corrected chi connectivity index (χ1v) is 43.7. The summed E-state index contributed by atoms with van der Waals surface area (Å²) >= 11 is 0. The Balaban J connectivity index is 5.20. The lowest BCUT2D eigenvalue weighted by Gasteiger charge is -2.21. The van der Waals surface area contributed by atoms with Crippen molar-refractivity contribution < 1.29 is 80.2 Å². The summed E-state index contributed by atoms with van der Waals surface area (Å²) in [6.45, 7) is 14.2. The summed E-state index contributed by atoms with van der Waals surface area (Å²) in [6.07, 6.45) is 54.2. The van der Waals surface area contributed by atoms with Crippen LogP contribution in [-0.4, -0.2) is 96.7 Å². The molecule has 3 N–H and O–H groups in total. The number of carbonyl (C=O) groups is 4. The highest BCUT2D eigenvalue weighted by Crippen LogP contribution is 2.45. The summed E-state index contributed by atoms with van der Waals surface area (Å²) in [7, 11) is -9.92. The third kappa shape index (κ3) is 71.1. The SMILES string of the molecule is CCC(C)CCCCCCCCCCCCCCCCCCCCC(=O)O[C@H](COC(=O)CCCCCCCCCCCCC(C)C)COP(=O)(O)OCC(O)COP(=O)(O)OC[C@@H](COC(=O)CCCCCCCCCC(C)C)OC(=O)CCCCCCCCCCCCC(C)C. The quantitative estimate of drug-likeness (QED) is 0.0222. The maximum atomic E-state index is 13.1. The van der Waals surface area contributed by atoms with Crippen LogP contribution in [-0.2, 0) is 65.4 Å². The van der Waals surface area contributed by atoms with E-state index in [2.05, 4.69) is 55.4 Å². The van der Waals surface area contributed by atoms with Gasteiger partial charge in [-0.3, -0.25) is 37.3 Å². The van der Waals surface area contributed by atoms with Gasteiger partial charge < -0.3 is 33.8 Å². The molecule has 0 saturated carbocycles. The van der Waals surface area contributed by atoms with E-state index >= 15 is 0 Å². The average molecular weight is 1440 g/mol. The maximum Gasteiger partial charge on any atom is 0.472 e. The van der Waals surface area contributed by atoms with E-state index in [1.807, 2.05) is 0 Å². The Kier molecular flexibility index (Phi) is 66.8. The number of ether oxygens (including phenoxy) is 4. The first kappa shape index (κ1) is 96.1. The summed E-state index contributed by atoms with van der Waals surface area (Å²) in [5.41, 5.74) is 0. The monoisotopic (exact) mass is 1440 g/mol. The molecular formula is C79H154O17P2. The molecule has 0 radical (unpaired) electrons. The van der Waals surface area contributed by atoms with Crippen molar-refractivity contribution in [3.8, 4) is 0 Å². The average Bonchev–Trinajstić information content (AvgIpc) is 1.08. The van der Waals surface area contributed by atoms with E-state index in [1.165, 1.54) is 199 Å². The maximum absolute atomic E-state index is 13.1. The molecule has 0 aromatic rings. The Morgan fingerprint density at radius 2 is 0.490 bits per heavy atom. The molecule has 0 aliphatic heterocycles. The first-order valence-electron chi connectivity index (χ1n) is 40.7. The van der Waals surface area contributed by atoms with E-state index in [0.29, 0.717) is 31.6 Å². The van der Waals surface area contributed by atoms with Crippen molar-refractivity contribution in [2.75, 3.05) is 39.6 Å². The number of phosphoric ester groups is 2. The van der Waals surface area contributed by atoms with Crippen LogP contribution in [0.25, 0.3) is 0 Å². The van der Waals surface area contributed by atoms with Gasteiger partial charge in [0.05, 0.1) is 26.4 Å². The zero-order chi connectivity index (χ0) is 72.4. The largest absolute Gasteiger partial charge is 0.472 e. The summed E-state index contributed by atoms with van der Waals surface area (Å²) in [5.74, 6) is 0.968. The highest BCUT2D eigenvalue weighted by Gasteiger charge is 2.30. The van der Waals surface area contributed by atoms with Crippen LogP contribution in [0.2, 0.25) is 0 Å². The fourth-order valence-corrected chi connectivity index (χ4v) is 13.6. The van der Waals surface area contributed by atoms with Gasteiger partial charge in [0.2, 0.25) is 0 Å². The van der Waals surface area contributed by atoms with Crippen molar-refractivity contribution in [2.24, 2.45) is 23.7 Å². The van der Waals surface area contributed by atoms with E-state index in [9.17, 15) is 43.2 Å². The third-order valence-corrected chi connectivity index (χ3v) is 20.6. The minimum absolute atomic E-state index is 0.105. The second kappa shape index (κ2) is 68.2. The molecule has 19 heteroatoms. The van der Waals surface area contributed by atoms with Crippen LogP contribution in [0.4, 0.5) is 0 Å². The number of hydrogen-bond acceptors (Lipinski definition) is 15. The van der Waals surface area contributed by atoms with Crippen molar-refractivity contribution in [1.29, 1.82) is 0 Å². The smallest absolute Gasteiger partial charge is 0.462 e. The molecule has 0 aromatic carbocycles. The van der Waals surface area contributed by atoms with Gasteiger partial charge in [-0.15, -0.1) is 0 Å². The van der Waals surface area contributed by atoms with Crippen molar-refractivity contribution >= 4 is 39.5 Å². The van der Waals surface area contributed by atoms with Crippen LogP contribution in [0.1, 0.15) is 402 Å². The lowest BCUT2D eigenvalue weighted by molar-refractivity contribution is -0.161. The Hall–Kier alpha value is -1.94. The number of aliphatic hydroxyl groups excluding tert-OH is 1. The van der Waals surface area contributed by atoms with Crippen molar-refractivity contribution in [2.45, 2.75) is 420 Å². The zero-order valence-electron chi connectivity index (χ0n) is 64.4. The third-order valence-electron chi connectivity index (χ3n) is 18.7. The molecule has 0 heterocycles. The number of rotatable bonds is 76. The normalized spacial score (nSPS) is 14.3. The Bertz CT molecular complexity index is 1920. The molecule has 582 valence electrons. The van der Waals surface area contributed by atoms with Crippen molar-refractivity contribution in [1.82, 2.24) is 0 Å². The Morgan fingerprint density at radius 3 is 0.724 bits per heavy atom. The highest BCUT2D eigenvalue weighted by molar-refractivity contribution is 7.47. The van der Waals surface area contributed by atoms with Gasteiger partial charge in [-0.1, -0.05) is 351 Å². The topological polar surface area (TPSA) is 237 Å². The second-order valence-electron chi connectivity index (χ2n) is 30.1. The summed E-state index contributed by atoms with van der Waals surface area (Å²) in [6, 6.07) is 0. The predicted octanol–water partition coefficient (Wildman–Crippen LogP) is 23.2. The van der Waals surface area contributed by atoms with E-state index in [4.69, 9.17) is 37.0 Å². The van der Waals surface area contributed by atoms with E-state index < -0.39 is 97.5 Å². The molecule has 4 unspecified atom stereocenters. The summed E-state index contributed by atoms with van der Waals surface area (Å²) < 4.78 is 68.6. The van der Waals surface area contributed by atoms with Gasteiger partial charge in [0.25, 0.3) is 0 Å². The van der Waals surface area contributed by atoms with E-state index in [1.54, 1.807) is 0 Å². The minimum atomic E-state index is -4.96. The number of aliphatic hydroxyl groups is 1. The lowest BCUT2D eigenvalue weighted by Crippen LogP contribution is -2.30. The van der Waals surface area contributed by atoms with Gasteiger partial charge in [-0.25, -0.2) is 9.13 Å². The number of phosphoric acid groups is 2. The van der Waals surface area contributed by atoms with Crippen LogP contribution < -0.4 is 0 Å². The molecule has 98 heavy (non-hydrogen) atoms. The summed E-state index contributed by atoms with van der Waals surface area (Å²) in [5, 5.41) is 10.6. The fraction of sp³-hybridized carbons (Fsp3) is 0.949. The standard InChI is InChI=1S/C79H154O17P2/c1-9-72(8)58-50-42-34-26-18-16-14-12-10-11-13-15-17-19-28-36-45-53-61-78(83)95-74(65-89-76(81)59-51-43-35-27-22-20-24-31-39-47-55-69(2)3)67-93-97(85,86)91-63-73(80)64-92-98(87,88)94-68-75(66-90-77(82)60-52-44-38-30-33-41-49-57-71(6)7)96-79(84)62-54-46-37-29-23-21-25-32-40-48-56-70(4)5/h69-75,80H,9-68H2,1-8H3,(H,85,86)(H,87,88)/t72?,73?,74-,75-/m1/s1. The fourth-order valence-electron chi connectivity index (χ4n) is 12.0. The van der Waals surface area contributed by atoms with Crippen LogP contribution in [0.3, 0.4) is 0 Å². The number of carbonyl (C=O) groups excluding carboxylic acids is 4. The molecule has 0 aliphatic rings. The van der Waals surface area contributed by atoms with E-state index in [-0.39, 0.29) is 25.7 Å². The molecule has 17 nitrogen and oxygen atoms in total. The molecule has 0 aromatic heterocycles. The Morgan fingerprint density at radius 1 is 0.286 bits per heavy atom. The van der Waals surface area contributed by atoms with E-state index in [0.717, 1.165) is 114 Å². The van der Waals surface area contributed by atoms with Crippen molar-refractivity contribution in [3.63, 3.8) is 0 Å². The lowest BCUT2D eigenvalue weighted by atomic mass is 9.99. The molecule has 0 saturated heterocycles. The molecule has 0 amide bonds. The number of unbranched alkanes of at least 4 members (excludes halogenated alkanes) is 41. The van der Waals surface area contributed by atoms with Crippen LogP contribution >= 0.6 is 15.6 Å². The van der Waals surface area contributed by atoms with Gasteiger partial charge in [0.1, 0.15) is 19.3 Å². The van der Waals surface area contributed by atoms with Gasteiger partial charge >= 0.3 is 39.5 Å². The first-order chi connectivity index (χ1) is 47.1. The van der Waals surface area contributed by atoms with Crippen LogP contribution in [0.5, 0.6) is 0 Å². The molecule has 0 bridgehead atoms. The van der Waals surface area contributed by atoms with Gasteiger partial charge in [0, 0.05) is 25.7 Å². The van der Waals surface area contributed by atoms with Crippen LogP contribution in [0.15, 0.2) is 0 Å². The van der Waals surface area contributed by atoms with Gasteiger partial charge in [-0.05, 0) is 49.4 Å². The predicted molar refractivity (Wildman–Crippen MR) is 400 cm³/mol. The minimum Gasteiger partial charge on any atom is -0.462 e. The molecule has 6 atom stereocenters. The molecular weight excluding hydrogens is 1280 g/mol. The van der Waals surface area contributed by atoms with Crippen LogP contribution in [0, 0.1) is 23.7 Å². The molecule has 0 rings (SSSR count). The second-order valence-corrected chi connectivity index (χ2v) is 33.0.